The van der Waals surface area contributed by atoms with Gasteiger partial charge in [-0.05, 0) is 50.2 Å². The van der Waals surface area contributed by atoms with Gasteiger partial charge in [-0.2, -0.15) is 0 Å². The summed E-state index contributed by atoms with van der Waals surface area (Å²) in [5.41, 5.74) is 1.20. The van der Waals surface area contributed by atoms with Gasteiger partial charge in [-0.15, -0.1) is 0 Å². The molecule has 2 aliphatic rings. The number of likely N-dealkylation sites (N-methyl/N-ethyl adjacent to an activating group) is 1. The minimum atomic E-state index is 0.261. The molecule has 1 aromatic rings. The van der Waals surface area contributed by atoms with Crippen LogP contribution >= 0.6 is 0 Å². The third-order valence-corrected chi connectivity index (χ3v) is 5.31. The molecule has 0 aromatic carbocycles. The van der Waals surface area contributed by atoms with Crippen molar-refractivity contribution in [3.63, 3.8) is 0 Å². The minimum absolute atomic E-state index is 0.261. The second kappa shape index (κ2) is 6.87. The Balaban J connectivity index is 1.47. The van der Waals surface area contributed by atoms with Crippen molar-refractivity contribution < 1.29 is 4.79 Å². The maximum absolute atomic E-state index is 11.7. The van der Waals surface area contributed by atoms with E-state index in [4.69, 9.17) is 0 Å². The molecule has 126 valence electrons. The average Bonchev–Trinajstić information content (AvgIpc) is 2.88. The molecule has 2 heterocycles. The van der Waals surface area contributed by atoms with Crippen LogP contribution in [0.2, 0.25) is 0 Å². The zero-order valence-corrected chi connectivity index (χ0v) is 14.5. The lowest BCUT2D eigenvalue weighted by Gasteiger charge is -2.35. The molecular formula is C18H28N4O. The smallest absolute Gasteiger partial charge is 0.237 e. The van der Waals surface area contributed by atoms with E-state index in [0.29, 0.717) is 12.6 Å². The number of nitrogens with zero attached hydrogens (tertiary/aromatic N) is 4. The van der Waals surface area contributed by atoms with Crippen LogP contribution in [0, 0.1) is 12.8 Å². The molecule has 1 amide bonds. The quantitative estimate of drug-likeness (QED) is 0.853. The summed E-state index contributed by atoms with van der Waals surface area (Å²) in [6.07, 6.45) is 6.84. The molecular weight excluding hydrogens is 288 g/mol. The maximum Gasteiger partial charge on any atom is 0.237 e. The molecule has 2 fully saturated rings. The molecule has 1 aromatic heterocycles. The van der Waals surface area contributed by atoms with Crippen molar-refractivity contribution in [3.8, 4) is 0 Å². The highest BCUT2D eigenvalue weighted by molar-refractivity contribution is 5.79. The van der Waals surface area contributed by atoms with Crippen molar-refractivity contribution in [2.45, 2.75) is 38.6 Å². The summed E-state index contributed by atoms with van der Waals surface area (Å²) < 4.78 is 0. The van der Waals surface area contributed by atoms with E-state index in [9.17, 15) is 4.79 Å². The number of aromatic nitrogens is 1. The van der Waals surface area contributed by atoms with E-state index in [-0.39, 0.29) is 5.91 Å². The molecule has 0 unspecified atom stereocenters. The Kier molecular flexibility index (Phi) is 4.85. The molecule has 23 heavy (non-hydrogen) atoms. The number of hydrogen-bond donors (Lipinski definition) is 0. The van der Waals surface area contributed by atoms with Gasteiger partial charge >= 0.3 is 0 Å². The summed E-state index contributed by atoms with van der Waals surface area (Å²) in [7, 11) is 4.04. The highest BCUT2D eigenvalue weighted by atomic mass is 16.2. The summed E-state index contributed by atoms with van der Waals surface area (Å²) in [5, 5.41) is 0. The van der Waals surface area contributed by atoms with Gasteiger partial charge in [-0.25, -0.2) is 4.98 Å². The van der Waals surface area contributed by atoms with Crippen LogP contribution < -0.4 is 4.90 Å². The van der Waals surface area contributed by atoms with Crippen molar-refractivity contribution in [2.24, 2.45) is 5.92 Å². The molecule has 3 rings (SSSR count). The SMILES string of the molecule is Cc1ccc(N(C)CC2CCC(N3CC(=O)N(C)C3)CC2)nc1. The molecule has 5 heteroatoms. The summed E-state index contributed by atoms with van der Waals surface area (Å²) in [5.74, 6) is 2.05. The Morgan fingerprint density at radius 1 is 1.26 bits per heavy atom. The van der Waals surface area contributed by atoms with Crippen molar-refractivity contribution >= 4 is 11.7 Å². The van der Waals surface area contributed by atoms with Crippen LogP contribution in [0.3, 0.4) is 0 Å². The predicted octanol–water partition coefficient (Wildman–Crippen LogP) is 2.12. The molecule has 0 N–H and O–H groups in total. The number of amides is 1. The average molecular weight is 316 g/mol. The predicted molar refractivity (Wildman–Crippen MR) is 92.3 cm³/mol. The number of carbonyl (C=O) groups excluding carboxylic acids is 1. The number of hydrogen-bond acceptors (Lipinski definition) is 4. The number of aryl methyl sites for hydroxylation is 1. The Morgan fingerprint density at radius 3 is 2.57 bits per heavy atom. The molecule has 1 saturated carbocycles. The Labute approximate surface area is 139 Å². The third kappa shape index (κ3) is 3.83. The molecule has 0 atom stereocenters. The fraction of sp³-hybridized carbons (Fsp3) is 0.667. The highest BCUT2D eigenvalue weighted by Gasteiger charge is 2.32. The lowest BCUT2D eigenvalue weighted by Crippen LogP contribution is -2.39. The fourth-order valence-corrected chi connectivity index (χ4v) is 3.80. The first kappa shape index (κ1) is 16.2. The summed E-state index contributed by atoms with van der Waals surface area (Å²) in [4.78, 5) is 22.7. The zero-order valence-electron chi connectivity index (χ0n) is 14.5. The van der Waals surface area contributed by atoms with Crippen molar-refractivity contribution in [2.75, 3.05) is 38.8 Å². The van der Waals surface area contributed by atoms with E-state index >= 15 is 0 Å². The summed E-state index contributed by atoms with van der Waals surface area (Å²) >= 11 is 0. The van der Waals surface area contributed by atoms with Gasteiger partial charge in [0.2, 0.25) is 5.91 Å². The standard InChI is InChI=1S/C18H28N4O/c1-14-4-9-17(19-10-14)20(2)11-15-5-7-16(8-6-15)22-12-18(23)21(3)13-22/h4,9-10,15-16H,5-8,11-13H2,1-3H3. The number of pyridine rings is 1. The molecule has 1 aliphatic carbocycles. The first-order chi connectivity index (χ1) is 11.0. The van der Waals surface area contributed by atoms with Gasteiger partial charge in [-0.3, -0.25) is 9.69 Å². The summed E-state index contributed by atoms with van der Waals surface area (Å²) in [6, 6.07) is 4.81. The second-order valence-corrected chi connectivity index (χ2v) is 7.23. The van der Waals surface area contributed by atoms with Crippen LogP contribution in [0.25, 0.3) is 0 Å². The molecule has 0 radical (unpaired) electrons. The normalized spacial score (nSPS) is 25.9. The molecule has 0 bridgehead atoms. The van der Waals surface area contributed by atoms with Gasteiger partial charge in [0.25, 0.3) is 0 Å². The van der Waals surface area contributed by atoms with E-state index in [1.807, 2.05) is 18.1 Å². The van der Waals surface area contributed by atoms with E-state index < -0.39 is 0 Å². The van der Waals surface area contributed by atoms with Gasteiger partial charge in [-0.1, -0.05) is 6.07 Å². The van der Waals surface area contributed by atoms with Crippen LogP contribution in [-0.4, -0.2) is 60.6 Å². The van der Waals surface area contributed by atoms with Gasteiger partial charge in [0.05, 0.1) is 13.2 Å². The Hall–Kier alpha value is -1.62. The van der Waals surface area contributed by atoms with E-state index in [0.717, 1.165) is 24.9 Å². The maximum atomic E-state index is 11.7. The Bertz CT molecular complexity index is 536. The number of anilines is 1. The van der Waals surface area contributed by atoms with Crippen molar-refractivity contribution in [3.05, 3.63) is 23.9 Å². The minimum Gasteiger partial charge on any atom is -0.359 e. The molecule has 5 nitrogen and oxygen atoms in total. The van der Waals surface area contributed by atoms with E-state index in [2.05, 4.69) is 40.9 Å². The second-order valence-electron chi connectivity index (χ2n) is 7.23. The monoisotopic (exact) mass is 316 g/mol. The van der Waals surface area contributed by atoms with Crippen molar-refractivity contribution in [1.82, 2.24) is 14.8 Å². The Morgan fingerprint density at radius 2 is 2.00 bits per heavy atom. The number of rotatable bonds is 4. The van der Waals surface area contributed by atoms with Gasteiger partial charge in [0.15, 0.2) is 0 Å². The molecule has 1 aliphatic heterocycles. The van der Waals surface area contributed by atoms with Crippen molar-refractivity contribution in [1.29, 1.82) is 0 Å². The van der Waals surface area contributed by atoms with Crippen LogP contribution in [0.4, 0.5) is 5.82 Å². The largest absolute Gasteiger partial charge is 0.359 e. The fourth-order valence-electron chi connectivity index (χ4n) is 3.80. The van der Waals surface area contributed by atoms with Crippen LogP contribution in [-0.2, 0) is 4.79 Å². The zero-order chi connectivity index (χ0) is 16.4. The first-order valence-electron chi connectivity index (χ1n) is 8.64. The van der Waals surface area contributed by atoms with Crippen LogP contribution in [0.1, 0.15) is 31.2 Å². The van der Waals surface area contributed by atoms with Gasteiger partial charge in [0.1, 0.15) is 5.82 Å². The number of carbonyl (C=O) groups is 1. The summed E-state index contributed by atoms with van der Waals surface area (Å²) in [6.45, 7) is 4.56. The third-order valence-electron chi connectivity index (χ3n) is 5.31. The van der Waals surface area contributed by atoms with Crippen LogP contribution in [0.15, 0.2) is 18.3 Å². The molecule has 1 saturated heterocycles. The molecule has 0 spiro atoms. The van der Waals surface area contributed by atoms with E-state index in [1.165, 1.54) is 31.2 Å². The highest BCUT2D eigenvalue weighted by Crippen LogP contribution is 2.30. The topological polar surface area (TPSA) is 39.7 Å². The van der Waals surface area contributed by atoms with Gasteiger partial charge < -0.3 is 9.80 Å². The van der Waals surface area contributed by atoms with Gasteiger partial charge in [0, 0.05) is 32.9 Å². The first-order valence-corrected chi connectivity index (χ1v) is 8.64. The lowest BCUT2D eigenvalue weighted by atomic mass is 9.85. The van der Waals surface area contributed by atoms with E-state index in [1.54, 1.807) is 0 Å². The van der Waals surface area contributed by atoms with Crippen LogP contribution in [0.5, 0.6) is 0 Å². The lowest BCUT2D eigenvalue weighted by molar-refractivity contribution is -0.125.